The van der Waals surface area contributed by atoms with Gasteiger partial charge in [0.25, 0.3) is 0 Å². The predicted molar refractivity (Wildman–Crippen MR) is 58.2 cm³/mol. The Hall–Kier alpha value is -0.670. The molecule has 0 saturated heterocycles. The van der Waals surface area contributed by atoms with Gasteiger partial charge in [0, 0.05) is 6.54 Å². The van der Waals surface area contributed by atoms with E-state index in [0.717, 1.165) is 25.9 Å². The minimum Gasteiger partial charge on any atom is -0.388 e. The molecule has 1 unspecified atom stereocenters. The highest BCUT2D eigenvalue weighted by Crippen LogP contribution is 1.97. The van der Waals surface area contributed by atoms with E-state index in [0.29, 0.717) is 12.8 Å². The highest BCUT2D eigenvalue weighted by Gasteiger charge is 2.06. The fraction of sp³-hybridized carbons (Fsp3) is 0.727. The highest BCUT2D eigenvalue weighted by molar-refractivity contribution is 5.64. The Kier molecular flexibility index (Phi) is 8.48. The molecular weight excluding hydrogens is 178 g/mol. The summed E-state index contributed by atoms with van der Waals surface area (Å²) in [5.74, 6) is 0. The van der Waals surface area contributed by atoms with Crippen LogP contribution in [-0.2, 0) is 4.79 Å². The molecule has 0 aliphatic rings. The molecule has 3 heteroatoms. The minimum absolute atomic E-state index is 0.529. The van der Waals surface area contributed by atoms with Gasteiger partial charge in [-0.15, -0.1) is 0 Å². The van der Waals surface area contributed by atoms with Crippen LogP contribution in [0.1, 0.15) is 26.7 Å². The lowest BCUT2D eigenvalue weighted by molar-refractivity contribution is -0.104. The summed E-state index contributed by atoms with van der Waals surface area (Å²) in [5.41, 5.74) is 0. The molecule has 0 aliphatic heterocycles. The smallest absolute Gasteiger partial charge is 0.142 e. The van der Waals surface area contributed by atoms with E-state index in [2.05, 4.69) is 18.7 Å². The molecule has 14 heavy (non-hydrogen) atoms. The number of hydrogen-bond donors (Lipinski definition) is 1. The van der Waals surface area contributed by atoms with E-state index < -0.39 is 6.10 Å². The standard InChI is InChI=1S/C11H21NO2/c1-3-7-12(8-4-2)10-11(14)6-5-9-13/h5-6,9,11,14H,3-4,7-8,10H2,1-2H3. The number of aliphatic hydroxyl groups excluding tert-OH is 1. The number of allylic oxidation sites excluding steroid dienone is 1. The second-order valence-corrected chi connectivity index (χ2v) is 3.39. The van der Waals surface area contributed by atoms with Gasteiger partial charge in [0.2, 0.25) is 0 Å². The lowest BCUT2D eigenvalue weighted by Gasteiger charge is -2.22. The molecule has 1 atom stereocenters. The first kappa shape index (κ1) is 13.3. The molecule has 3 nitrogen and oxygen atoms in total. The van der Waals surface area contributed by atoms with E-state index in [-0.39, 0.29) is 0 Å². The van der Waals surface area contributed by atoms with E-state index in [1.807, 2.05) is 0 Å². The molecule has 0 aromatic rings. The second-order valence-electron chi connectivity index (χ2n) is 3.39. The molecule has 0 radical (unpaired) electrons. The van der Waals surface area contributed by atoms with Crippen molar-refractivity contribution in [3.63, 3.8) is 0 Å². The lowest BCUT2D eigenvalue weighted by atomic mass is 10.2. The zero-order valence-electron chi connectivity index (χ0n) is 9.15. The van der Waals surface area contributed by atoms with Crippen molar-refractivity contribution in [2.45, 2.75) is 32.8 Å². The van der Waals surface area contributed by atoms with Gasteiger partial charge >= 0.3 is 0 Å². The Morgan fingerprint density at radius 1 is 1.29 bits per heavy atom. The van der Waals surface area contributed by atoms with Gasteiger partial charge in [-0.2, -0.15) is 0 Å². The Morgan fingerprint density at radius 3 is 2.29 bits per heavy atom. The van der Waals surface area contributed by atoms with Crippen molar-refractivity contribution < 1.29 is 9.90 Å². The van der Waals surface area contributed by atoms with Crippen molar-refractivity contribution in [3.05, 3.63) is 12.2 Å². The van der Waals surface area contributed by atoms with E-state index in [1.54, 1.807) is 0 Å². The lowest BCUT2D eigenvalue weighted by Crippen LogP contribution is -2.32. The summed E-state index contributed by atoms with van der Waals surface area (Å²) >= 11 is 0. The largest absolute Gasteiger partial charge is 0.388 e. The van der Waals surface area contributed by atoms with E-state index >= 15 is 0 Å². The first-order chi connectivity index (χ1) is 6.74. The molecule has 0 bridgehead atoms. The molecular formula is C11H21NO2. The van der Waals surface area contributed by atoms with Crippen LogP contribution in [0.3, 0.4) is 0 Å². The van der Waals surface area contributed by atoms with Gasteiger partial charge < -0.3 is 10.0 Å². The van der Waals surface area contributed by atoms with Crippen LogP contribution in [-0.4, -0.2) is 42.0 Å². The molecule has 0 heterocycles. The Morgan fingerprint density at radius 2 is 1.86 bits per heavy atom. The molecule has 0 amide bonds. The normalized spacial score (nSPS) is 13.7. The third-order valence-corrected chi connectivity index (χ3v) is 1.94. The quantitative estimate of drug-likeness (QED) is 0.472. The second kappa shape index (κ2) is 8.91. The highest BCUT2D eigenvalue weighted by atomic mass is 16.3. The molecule has 0 fully saturated rings. The van der Waals surface area contributed by atoms with Crippen LogP contribution in [0.4, 0.5) is 0 Å². The fourth-order valence-corrected chi connectivity index (χ4v) is 1.43. The van der Waals surface area contributed by atoms with Gasteiger partial charge in [-0.05, 0) is 32.0 Å². The fourth-order valence-electron chi connectivity index (χ4n) is 1.43. The number of aliphatic hydroxyl groups is 1. The van der Waals surface area contributed by atoms with Crippen LogP contribution in [0, 0.1) is 0 Å². The summed E-state index contributed by atoms with van der Waals surface area (Å²) in [5, 5.41) is 9.52. The number of hydrogen-bond acceptors (Lipinski definition) is 3. The zero-order chi connectivity index (χ0) is 10.8. The van der Waals surface area contributed by atoms with Crippen LogP contribution in [0.25, 0.3) is 0 Å². The topological polar surface area (TPSA) is 40.5 Å². The molecule has 0 aromatic carbocycles. The van der Waals surface area contributed by atoms with Crippen LogP contribution in [0.5, 0.6) is 0 Å². The molecule has 82 valence electrons. The van der Waals surface area contributed by atoms with Crippen LogP contribution in [0.15, 0.2) is 12.2 Å². The van der Waals surface area contributed by atoms with Crippen molar-refractivity contribution in [3.8, 4) is 0 Å². The van der Waals surface area contributed by atoms with Gasteiger partial charge in [-0.1, -0.05) is 19.9 Å². The summed E-state index contributed by atoms with van der Waals surface area (Å²) in [6.45, 7) is 6.86. The third-order valence-electron chi connectivity index (χ3n) is 1.94. The van der Waals surface area contributed by atoms with Gasteiger partial charge in [-0.25, -0.2) is 0 Å². The van der Waals surface area contributed by atoms with E-state index in [9.17, 15) is 9.90 Å². The summed E-state index contributed by atoms with van der Waals surface area (Å²) in [6.07, 6.45) is 5.21. The minimum atomic E-state index is -0.529. The molecule has 0 spiro atoms. The SMILES string of the molecule is CCCN(CCC)CC(O)C=CC=O. The average Bonchev–Trinajstić information content (AvgIpc) is 2.15. The predicted octanol–water partition coefficient (Wildman–Crippen LogP) is 1.22. The van der Waals surface area contributed by atoms with Crippen molar-refractivity contribution in [2.75, 3.05) is 19.6 Å². The Labute approximate surface area is 86.4 Å². The number of carbonyl (C=O) groups is 1. The maximum absolute atomic E-state index is 10.0. The van der Waals surface area contributed by atoms with E-state index in [1.165, 1.54) is 12.2 Å². The molecule has 0 aromatic heterocycles. The van der Waals surface area contributed by atoms with Crippen LogP contribution in [0.2, 0.25) is 0 Å². The summed E-state index contributed by atoms with van der Waals surface area (Å²) in [4.78, 5) is 12.2. The van der Waals surface area contributed by atoms with Gasteiger partial charge in [-0.3, -0.25) is 4.79 Å². The van der Waals surface area contributed by atoms with Gasteiger partial charge in [0.1, 0.15) is 6.29 Å². The van der Waals surface area contributed by atoms with Gasteiger partial charge in [0.05, 0.1) is 6.10 Å². The first-order valence-electron chi connectivity index (χ1n) is 5.27. The Bertz CT molecular complexity index is 163. The van der Waals surface area contributed by atoms with Crippen LogP contribution < -0.4 is 0 Å². The van der Waals surface area contributed by atoms with Crippen molar-refractivity contribution in [1.29, 1.82) is 0 Å². The molecule has 0 aliphatic carbocycles. The number of nitrogens with zero attached hydrogens (tertiary/aromatic N) is 1. The maximum Gasteiger partial charge on any atom is 0.142 e. The van der Waals surface area contributed by atoms with Crippen molar-refractivity contribution in [2.24, 2.45) is 0 Å². The monoisotopic (exact) mass is 199 g/mol. The number of carbonyl (C=O) groups excluding carboxylic acids is 1. The molecule has 0 saturated carbocycles. The number of rotatable bonds is 8. The molecule has 0 rings (SSSR count). The summed E-state index contributed by atoms with van der Waals surface area (Å²) in [6, 6.07) is 0. The van der Waals surface area contributed by atoms with Gasteiger partial charge in [0.15, 0.2) is 0 Å². The average molecular weight is 199 g/mol. The van der Waals surface area contributed by atoms with Crippen LogP contribution >= 0.6 is 0 Å². The Balaban J connectivity index is 3.87. The molecule has 1 N–H and O–H groups in total. The first-order valence-corrected chi connectivity index (χ1v) is 5.27. The van der Waals surface area contributed by atoms with Crippen molar-refractivity contribution in [1.82, 2.24) is 4.90 Å². The van der Waals surface area contributed by atoms with Crippen molar-refractivity contribution >= 4 is 6.29 Å². The van der Waals surface area contributed by atoms with E-state index in [4.69, 9.17) is 0 Å². The third kappa shape index (κ3) is 6.80. The maximum atomic E-state index is 10.0. The summed E-state index contributed by atoms with van der Waals surface area (Å²) < 4.78 is 0. The zero-order valence-corrected chi connectivity index (χ0v) is 9.15. The number of aldehydes is 1. The summed E-state index contributed by atoms with van der Waals surface area (Å²) in [7, 11) is 0.